The Hall–Kier alpha value is -1.48. The van der Waals surface area contributed by atoms with Crippen molar-refractivity contribution in [1.29, 1.82) is 0 Å². The summed E-state index contributed by atoms with van der Waals surface area (Å²) in [5.74, 6) is 0.281. The van der Waals surface area contributed by atoms with Crippen LogP contribution in [0.15, 0.2) is 39.5 Å². The van der Waals surface area contributed by atoms with E-state index in [-0.39, 0.29) is 5.88 Å². The molecular formula is C11H10ClNO2. The van der Waals surface area contributed by atoms with Gasteiger partial charge in [0.1, 0.15) is 5.76 Å². The zero-order valence-electron chi connectivity index (χ0n) is 8.00. The van der Waals surface area contributed by atoms with E-state index in [1.807, 2.05) is 30.3 Å². The molecule has 3 nitrogen and oxygen atoms in total. The van der Waals surface area contributed by atoms with Gasteiger partial charge in [0.05, 0.1) is 11.6 Å². The molecule has 1 aromatic carbocycles. The summed E-state index contributed by atoms with van der Waals surface area (Å²) < 4.78 is 4.89. The summed E-state index contributed by atoms with van der Waals surface area (Å²) in [5.41, 5.74) is 1.86. The van der Waals surface area contributed by atoms with Gasteiger partial charge in [-0.25, -0.2) is 4.79 Å². The van der Waals surface area contributed by atoms with Crippen LogP contribution in [0.25, 0.3) is 0 Å². The van der Waals surface area contributed by atoms with E-state index >= 15 is 0 Å². The molecule has 1 heterocycles. The molecule has 15 heavy (non-hydrogen) atoms. The van der Waals surface area contributed by atoms with Crippen molar-refractivity contribution in [3.63, 3.8) is 0 Å². The summed E-state index contributed by atoms with van der Waals surface area (Å²) in [6.07, 6.45) is 0.634. The molecule has 2 rings (SSSR count). The van der Waals surface area contributed by atoms with Crippen LogP contribution in [0.5, 0.6) is 0 Å². The van der Waals surface area contributed by atoms with Gasteiger partial charge in [0.2, 0.25) is 0 Å². The van der Waals surface area contributed by atoms with Crippen molar-refractivity contribution in [3.05, 3.63) is 57.9 Å². The maximum absolute atomic E-state index is 11.0. The highest BCUT2D eigenvalue weighted by Crippen LogP contribution is 2.12. The zero-order chi connectivity index (χ0) is 10.7. The highest BCUT2D eigenvalue weighted by molar-refractivity contribution is 6.16. The molecule has 0 bridgehead atoms. The normalized spacial score (nSPS) is 10.5. The number of aromatic amines is 1. The van der Waals surface area contributed by atoms with Gasteiger partial charge in [0.15, 0.2) is 0 Å². The van der Waals surface area contributed by atoms with Gasteiger partial charge in [0, 0.05) is 6.42 Å². The third kappa shape index (κ3) is 2.30. The standard InChI is InChI=1S/C11H10ClNO2/c12-7-10-9(13-11(14)15-10)6-8-4-2-1-3-5-8/h1-5H,6-7H2,(H,13,14). The van der Waals surface area contributed by atoms with Crippen LogP contribution in [0, 0.1) is 0 Å². The zero-order valence-corrected chi connectivity index (χ0v) is 8.75. The van der Waals surface area contributed by atoms with Crippen molar-refractivity contribution in [2.45, 2.75) is 12.3 Å². The molecule has 4 heteroatoms. The number of rotatable bonds is 3. The number of alkyl halides is 1. The van der Waals surface area contributed by atoms with E-state index in [0.717, 1.165) is 11.3 Å². The number of aromatic nitrogens is 1. The Balaban J connectivity index is 2.28. The van der Waals surface area contributed by atoms with Gasteiger partial charge in [-0.15, -0.1) is 11.6 Å². The van der Waals surface area contributed by atoms with Crippen molar-refractivity contribution in [3.8, 4) is 0 Å². The van der Waals surface area contributed by atoms with Crippen molar-refractivity contribution >= 4 is 11.6 Å². The lowest BCUT2D eigenvalue weighted by molar-refractivity contribution is 0.483. The third-order valence-corrected chi connectivity index (χ3v) is 2.39. The molecule has 1 N–H and O–H groups in total. The van der Waals surface area contributed by atoms with Crippen LogP contribution >= 0.6 is 11.6 Å². The molecular weight excluding hydrogens is 214 g/mol. The minimum Gasteiger partial charge on any atom is -0.411 e. The minimum absolute atomic E-state index is 0.209. The van der Waals surface area contributed by atoms with Crippen LogP contribution in [-0.2, 0) is 12.3 Å². The third-order valence-electron chi connectivity index (χ3n) is 2.15. The first-order valence-corrected chi connectivity index (χ1v) is 5.14. The van der Waals surface area contributed by atoms with Gasteiger partial charge in [-0.05, 0) is 5.56 Å². The van der Waals surface area contributed by atoms with Crippen molar-refractivity contribution in [2.75, 3.05) is 0 Å². The molecule has 1 aromatic heterocycles. The van der Waals surface area contributed by atoms with Crippen LogP contribution in [0.2, 0.25) is 0 Å². The average molecular weight is 224 g/mol. The summed E-state index contributed by atoms with van der Waals surface area (Å²) in [4.78, 5) is 13.6. The molecule has 2 aromatic rings. The molecule has 0 unspecified atom stereocenters. The molecule has 0 saturated carbocycles. The topological polar surface area (TPSA) is 46.0 Å². The summed E-state index contributed by atoms with van der Waals surface area (Å²) in [5, 5.41) is 0. The van der Waals surface area contributed by atoms with E-state index < -0.39 is 5.76 Å². The van der Waals surface area contributed by atoms with Gasteiger partial charge in [-0.2, -0.15) is 0 Å². The van der Waals surface area contributed by atoms with E-state index in [0.29, 0.717) is 12.2 Å². The van der Waals surface area contributed by atoms with Gasteiger partial charge < -0.3 is 4.42 Å². The van der Waals surface area contributed by atoms with Crippen LogP contribution < -0.4 is 5.76 Å². The van der Waals surface area contributed by atoms with Crippen LogP contribution in [0.3, 0.4) is 0 Å². The lowest BCUT2D eigenvalue weighted by atomic mass is 10.1. The van der Waals surface area contributed by atoms with Crippen LogP contribution in [0.1, 0.15) is 17.0 Å². The molecule has 78 valence electrons. The van der Waals surface area contributed by atoms with E-state index in [9.17, 15) is 4.79 Å². The molecule has 0 aliphatic heterocycles. The van der Waals surface area contributed by atoms with Gasteiger partial charge in [-0.3, -0.25) is 4.98 Å². The lowest BCUT2D eigenvalue weighted by Gasteiger charge is -1.98. The Morgan fingerprint density at radius 2 is 2.00 bits per heavy atom. The second kappa shape index (κ2) is 4.36. The fourth-order valence-corrected chi connectivity index (χ4v) is 1.66. The van der Waals surface area contributed by atoms with Crippen molar-refractivity contribution < 1.29 is 4.42 Å². The minimum atomic E-state index is -0.448. The quantitative estimate of drug-likeness (QED) is 0.812. The van der Waals surface area contributed by atoms with Crippen molar-refractivity contribution in [1.82, 2.24) is 4.98 Å². The molecule has 0 amide bonds. The number of H-pyrrole nitrogens is 1. The molecule has 0 radical (unpaired) electrons. The predicted octanol–water partition coefficient (Wildman–Crippen LogP) is 2.30. The van der Waals surface area contributed by atoms with Gasteiger partial charge >= 0.3 is 5.76 Å². The molecule has 0 aliphatic carbocycles. The fraction of sp³-hybridized carbons (Fsp3) is 0.182. The fourth-order valence-electron chi connectivity index (χ4n) is 1.44. The first kappa shape index (κ1) is 10.1. The number of hydrogen-bond acceptors (Lipinski definition) is 2. The van der Waals surface area contributed by atoms with E-state index in [4.69, 9.17) is 16.0 Å². The molecule has 0 atom stereocenters. The Labute approximate surface area is 91.7 Å². The molecule has 0 aliphatic rings. The first-order chi connectivity index (χ1) is 7.29. The monoisotopic (exact) mass is 223 g/mol. The number of oxazole rings is 1. The van der Waals surface area contributed by atoms with Gasteiger partial charge in [0.25, 0.3) is 0 Å². The van der Waals surface area contributed by atoms with E-state index in [2.05, 4.69) is 4.98 Å². The van der Waals surface area contributed by atoms with Gasteiger partial charge in [-0.1, -0.05) is 30.3 Å². The predicted molar refractivity (Wildman–Crippen MR) is 58.1 cm³/mol. The summed E-state index contributed by atoms with van der Waals surface area (Å²) >= 11 is 5.66. The number of hydrogen-bond donors (Lipinski definition) is 1. The lowest BCUT2D eigenvalue weighted by Crippen LogP contribution is -1.97. The highest BCUT2D eigenvalue weighted by Gasteiger charge is 2.08. The maximum atomic E-state index is 11.0. The number of benzene rings is 1. The Kier molecular flexibility index (Phi) is 2.92. The van der Waals surface area contributed by atoms with Crippen molar-refractivity contribution in [2.24, 2.45) is 0 Å². The Morgan fingerprint density at radius 1 is 1.27 bits per heavy atom. The maximum Gasteiger partial charge on any atom is 0.416 e. The molecule has 0 saturated heterocycles. The summed E-state index contributed by atoms with van der Waals surface area (Å²) in [6.45, 7) is 0. The second-order valence-corrected chi connectivity index (χ2v) is 3.48. The molecule has 0 spiro atoms. The SMILES string of the molecule is O=c1[nH]c(Cc2ccccc2)c(CCl)o1. The molecule has 0 fully saturated rings. The van der Waals surface area contributed by atoms with E-state index in [1.54, 1.807) is 0 Å². The second-order valence-electron chi connectivity index (χ2n) is 3.21. The Morgan fingerprint density at radius 3 is 2.67 bits per heavy atom. The van der Waals surface area contributed by atoms with Crippen LogP contribution in [-0.4, -0.2) is 4.98 Å². The van der Waals surface area contributed by atoms with Crippen LogP contribution in [0.4, 0.5) is 0 Å². The number of halogens is 1. The smallest absolute Gasteiger partial charge is 0.411 e. The summed E-state index contributed by atoms with van der Waals surface area (Å²) in [6, 6.07) is 9.83. The average Bonchev–Trinajstić information content (AvgIpc) is 2.60. The number of nitrogens with one attached hydrogen (secondary N) is 1. The van der Waals surface area contributed by atoms with E-state index in [1.165, 1.54) is 0 Å². The largest absolute Gasteiger partial charge is 0.416 e. The summed E-state index contributed by atoms with van der Waals surface area (Å²) in [7, 11) is 0. The Bertz CT molecular complexity index is 487. The first-order valence-electron chi connectivity index (χ1n) is 4.60. The highest BCUT2D eigenvalue weighted by atomic mass is 35.5.